The van der Waals surface area contributed by atoms with E-state index in [0.29, 0.717) is 12.2 Å². The van der Waals surface area contributed by atoms with Gasteiger partial charge >= 0.3 is 11.9 Å². The van der Waals surface area contributed by atoms with E-state index < -0.39 is 11.9 Å². The number of hydrogen-bond donors (Lipinski definition) is 2. The van der Waals surface area contributed by atoms with Gasteiger partial charge in [0.05, 0.1) is 0 Å². The average molecular weight is 244 g/mol. The van der Waals surface area contributed by atoms with Gasteiger partial charge in [-0.2, -0.15) is 0 Å². The summed E-state index contributed by atoms with van der Waals surface area (Å²) in [7, 11) is 0. The van der Waals surface area contributed by atoms with Crippen molar-refractivity contribution < 1.29 is 19.8 Å². The highest BCUT2D eigenvalue weighted by Gasteiger charge is 1.88. The van der Waals surface area contributed by atoms with Crippen LogP contribution in [0.25, 0.3) is 10.8 Å². The molecular formula is C14H12O4. The number of carbonyl (C=O) groups is 2. The predicted octanol–water partition coefficient (Wildman–Crippen LogP) is 2.55. The molecule has 0 aromatic heterocycles. The van der Waals surface area contributed by atoms with Gasteiger partial charge in [0.25, 0.3) is 0 Å². The Kier molecular flexibility index (Phi) is 5.12. The second kappa shape index (κ2) is 6.85. The summed E-state index contributed by atoms with van der Waals surface area (Å²) in [5, 5.41) is 18.2. The summed E-state index contributed by atoms with van der Waals surface area (Å²) in [6, 6.07) is 16.7. The summed E-state index contributed by atoms with van der Waals surface area (Å²) in [4.78, 5) is 19.1. The molecule has 0 fully saturated rings. The molecule has 0 spiro atoms. The van der Waals surface area contributed by atoms with Gasteiger partial charge < -0.3 is 10.2 Å². The standard InChI is InChI=1S/C10H8.C4H4O4/c1-2-6-10-8-4-3-7-9(10)5-1;5-3(6)1-2-4(7)8/h1-8H;1-2H,(H,5,6)(H,7,8)/b;2-1+. The van der Waals surface area contributed by atoms with Crippen molar-refractivity contribution in [2.45, 2.75) is 0 Å². The Morgan fingerprint density at radius 2 is 1.00 bits per heavy atom. The van der Waals surface area contributed by atoms with E-state index in [1.165, 1.54) is 10.8 Å². The number of hydrogen-bond acceptors (Lipinski definition) is 2. The summed E-state index contributed by atoms with van der Waals surface area (Å²) < 4.78 is 0. The molecule has 0 heterocycles. The highest BCUT2D eigenvalue weighted by atomic mass is 16.4. The minimum absolute atomic E-state index is 0.558. The summed E-state index contributed by atoms with van der Waals surface area (Å²) >= 11 is 0. The zero-order valence-electron chi connectivity index (χ0n) is 9.48. The topological polar surface area (TPSA) is 74.6 Å². The van der Waals surface area contributed by atoms with E-state index in [0.717, 1.165) is 0 Å². The molecule has 0 aliphatic carbocycles. The van der Waals surface area contributed by atoms with E-state index in [-0.39, 0.29) is 0 Å². The van der Waals surface area contributed by atoms with Crippen LogP contribution in [0.3, 0.4) is 0 Å². The Balaban J connectivity index is 0.000000187. The van der Waals surface area contributed by atoms with E-state index in [2.05, 4.69) is 48.5 Å². The quantitative estimate of drug-likeness (QED) is 0.796. The summed E-state index contributed by atoms with van der Waals surface area (Å²) in [6.45, 7) is 0. The van der Waals surface area contributed by atoms with Crippen molar-refractivity contribution in [2.75, 3.05) is 0 Å². The van der Waals surface area contributed by atoms with Crippen LogP contribution >= 0.6 is 0 Å². The lowest BCUT2D eigenvalue weighted by atomic mass is 10.1. The molecule has 4 heteroatoms. The molecule has 2 aromatic rings. The molecule has 2 N–H and O–H groups in total. The second-order valence-corrected chi connectivity index (χ2v) is 3.36. The highest BCUT2D eigenvalue weighted by molar-refractivity contribution is 5.89. The Morgan fingerprint density at radius 3 is 1.22 bits per heavy atom. The normalized spacial score (nSPS) is 9.78. The minimum Gasteiger partial charge on any atom is -0.478 e. The van der Waals surface area contributed by atoms with Crippen molar-refractivity contribution in [3.05, 3.63) is 60.7 Å². The highest BCUT2D eigenvalue weighted by Crippen LogP contribution is 2.11. The fourth-order valence-electron chi connectivity index (χ4n) is 1.28. The lowest BCUT2D eigenvalue weighted by molar-refractivity contribution is -0.134. The number of carboxylic acids is 2. The number of aliphatic carboxylic acids is 2. The van der Waals surface area contributed by atoms with Crippen molar-refractivity contribution in [3.63, 3.8) is 0 Å². The monoisotopic (exact) mass is 244 g/mol. The molecule has 0 amide bonds. The molecule has 0 saturated heterocycles. The van der Waals surface area contributed by atoms with E-state index in [1.54, 1.807) is 0 Å². The van der Waals surface area contributed by atoms with Gasteiger partial charge in [-0.1, -0.05) is 48.5 Å². The Bertz CT molecular complexity index is 491. The van der Waals surface area contributed by atoms with Crippen LogP contribution < -0.4 is 0 Å². The lowest BCUT2D eigenvalue weighted by Gasteiger charge is -1.92. The largest absolute Gasteiger partial charge is 0.478 e. The molecule has 0 aliphatic rings. The minimum atomic E-state index is -1.26. The van der Waals surface area contributed by atoms with Crippen LogP contribution in [0.4, 0.5) is 0 Å². The Hall–Kier alpha value is -2.62. The van der Waals surface area contributed by atoms with E-state index in [9.17, 15) is 9.59 Å². The first-order valence-electron chi connectivity index (χ1n) is 5.17. The van der Waals surface area contributed by atoms with E-state index in [4.69, 9.17) is 10.2 Å². The molecule has 18 heavy (non-hydrogen) atoms. The van der Waals surface area contributed by atoms with E-state index >= 15 is 0 Å². The van der Waals surface area contributed by atoms with Crippen molar-refractivity contribution >= 4 is 22.7 Å². The molecule has 0 unspecified atom stereocenters. The third-order valence-electron chi connectivity index (χ3n) is 2.03. The first-order chi connectivity index (χ1) is 8.59. The van der Waals surface area contributed by atoms with Crippen molar-refractivity contribution in [2.24, 2.45) is 0 Å². The Morgan fingerprint density at radius 1 is 0.722 bits per heavy atom. The van der Waals surface area contributed by atoms with Crippen LogP contribution in [0.1, 0.15) is 0 Å². The van der Waals surface area contributed by atoms with Gasteiger partial charge in [0.15, 0.2) is 0 Å². The molecule has 92 valence electrons. The van der Waals surface area contributed by atoms with Crippen molar-refractivity contribution in [3.8, 4) is 0 Å². The first kappa shape index (κ1) is 13.4. The Labute approximate surface area is 104 Å². The number of carboxylic acid groups (broad SMARTS) is 2. The third-order valence-corrected chi connectivity index (χ3v) is 2.03. The summed E-state index contributed by atoms with van der Waals surface area (Å²) in [5.41, 5.74) is 0. The van der Waals surface area contributed by atoms with E-state index in [1.807, 2.05) is 0 Å². The molecular weight excluding hydrogens is 232 g/mol. The zero-order valence-corrected chi connectivity index (χ0v) is 9.48. The SMILES string of the molecule is O=C(O)/C=C/C(=O)O.c1ccc2ccccc2c1. The number of rotatable bonds is 2. The number of fused-ring (bicyclic) bond motifs is 1. The first-order valence-corrected chi connectivity index (χ1v) is 5.17. The molecule has 2 rings (SSSR count). The van der Waals surface area contributed by atoms with Crippen LogP contribution in [-0.4, -0.2) is 22.2 Å². The molecule has 0 atom stereocenters. The fraction of sp³-hybridized carbons (Fsp3) is 0. The maximum atomic E-state index is 9.55. The van der Waals surface area contributed by atoms with Gasteiger partial charge in [-0.3, -0.25) is 0 Å². The van der Waals surface area contributed by atoms with Gasteiger partial charge in [0.1, 0.15) is 0 Å². The smallest absolute Gasteiger partial charge is 0.328 e. The van der Waals surface area contributed by atoms with Crippen LogP contribution in [0, 0.1) is 0 Å². The van der Waals surface area contributed by atoms with Crippen LogP contribution in [0.2, 0.25) is 0 Å². The van der Waals surface area contributed by atoms with Crippen molar-refractivity contribution in [1.29, 1.82) is 0 Å². The van der Waals surface area contributed by atoms with Gasteiger partial charge in [-0.15, -0.1) is 0 Å². The third kappa shape index (κ3) is 4.94. The predicted molar refractivity (Wildman–Crippen MR) is 68.4 cm³/mol. The fourth-order valence-corrected chi connectivity index (χ4v) is 1.28. The van der Waals surface area contributed by atoms with Gasteiger partial charge in [0, 0.05) is 12.2 Å². The number of benzene rings is 2. The van der Waals surface area contributed by atoms with Gasteiger partial charge in [-0.05, 0) is 10.8 Å². The maximum absolute atomic E-state index is 9.55. The van der Waals surface area contributed by atoms with Gasteiger partial charge in [-0.25, -0.2) is 9.59 Å². The van der Waals surface area contributed by atoms with Crippen LogP contribution in [-0.2, 0) is 9.59 Å². The van der Waals surface area contributed by atoms with Crippen molar-refractivity contribution in [1.82, 2.24) is 0 Å². The second-order valence-electron chi connectivity index (χ2n) is 3.36. The molecule has 0 aliphatic heterocycles. The molecule has 0 saturated carbocycles. The molecule has 0 bridgehead atoms. The zero-order chi connectivity index (χ0) is 13.4. The lowest BCUT2D eigenvalue weighted by Crippen LogP contribution is -1.91. The van der Waals surface area contributed by atoms with Crippen LogP contribution in [0.5, 0.6) is 0 Å². The molecule has 4 nitrogen and oxygen atoms in total. The molecule has 2 aromatic carbocycles. The maximum Gasteiger partial charge on any atom is 0.328 e. The van der Waals surface area contributed by atoms with Gasteiger partial charge in [0.2, 0.25) is 0 Å². The molecule has 0 radical (unpaired) electrons. The van der Waals surface area contributed by atoms with Crippen LogP contribution in [0.15, 0.2) is 60.7 Å². The average Bonchev–Trinajstić information content (AvgIpc) is 2.37. The summed E-state index contributed by atoms with van der Waals surface area (Å²) in [5.74, 6) is -2.51. The summed E-state index contributed by atoms with van der Waals surface area (Å²) in [6.07, 6.45) is 1.12.